The van der Waals surface area contributed by atoms with Crippen molar-refractivity contribution >= 4 is 17.3 Å². The number of anilines is 1. The molecule has 1 aromatic heterocycles. The number of halogens is 1. The quantitative estimate of drug-likeness (QED) is 0.873. The van der Waals surface area contributed by atoms with Crippen molar-refractivity contribution in [1.82, 2.24) is 10.3 Å². The molecule has 0 fully saturated rings. The fourth-order valence-electron chi connectivity index (χ4n) is 2.29. The third-order valence-electron chi connectivity index (χ3n) is 3.75. The van der Waals surface area contributed by atoms with Crippen molar-refractivity contribution in [2.24, 2.45) is 0 Å². The van der Waals surface area contributed by atoms with Gasteiger partial charge in [-0.15, -0.1) is 0 Å². The van der Waals surface area contributed by atoms with Gasteiger partial charge in [-0.25, -0.2) is 0 Å². The molecule has 0 aliphatic rings. The highest BCUT2D eigenvalue weighted by atomic mass is 35.5. The molecule has 3 nitrogen and oxygen atoms in total. The van der Waals surface area contributed by atoms with Crippen LogP contribution in [-0.4, -0.2) is 18.6 Å². The normalized spacial score (nSPS) is 12.2. The van der Waals surface area contributed by atoms with Gasteiger partial charge >= 0.3 is 0 Å². The number of hydrogen-bond acceptors (Lipinski definition) is 3. The van der Waals surface area contributed by atoms with Crippen LogP contribution in [0.4, 0.5) is 5.69 Å². The minimum atomic E-state index is 0.298. The van der Waals surface area contributed by atoms with Gasteiger partial charge in [0.05, 0.1) is 10.7 Å². The van der Waals surface area contributed by atoms with Gasteiger partial charge in [0.25, 0.3) is 0 Å². The van der Waals surface area contributed by atoms with E-state index in [2.05, 4.69) is 41.2 Å². The Morgan fingerprint density at radius 3 is 2.52 bits per heavy atom. The van der Waals surface area contributed by atoms with Gasteiger partial charge in [0.15, 0.2) is 0 Å². The van der Waals surface area contributed by atoms with E-state index in [0.717, 1.165) is 23.8 Å². The van der Waals surface area contributed by atoms with Crippen LogP contribution in [0, 0.1) is 0 Å². The van der Waals surface area contributed by atoms with Crippen molar-refractivity contribution < 1.29 is 0 Å². The lowest BCUT2D eigenvalue weighted by atomic mass is 10.1. The number of benzene rings is 1. The molecular weight excluding hydrogens is 282 g/mol. The van der Waals surface area contributed by atoms with Crippen LogP contribution in [-0.2, 0) is 6.54 Å². The molecule has 0 aliphatic heterocycles. The lowest BCUT2D eigenvalue weighted by Crippen LogP contribution is -2.22. The Labute approximate surface area is 132 Å². The van der Waals surface area contributed by atoms with Crippen molar-refractivity contribution in [3.63, 3.8) is 0 Å². The molecule has 2 aromatic rings. The number of rotatable bonds is 6. The first kappa shape index (κ1) is 15.8. The molecular formula is C17H22ClN3. The molecule has 112 valence electrons. The fraction of sp³-hybridized carbons (Fsp3) is 0.353. The molecule has 1 aromatic carbocycles. The molecule has 2 rings (SSSR count). The molecule has 21 heavy (non-hydrogen) atoms. The van der Waals surface area contributed by atoms with E-state index in [0.29, 0.717) is 6.04 Å². The van der Waals surface area contributed by atoms with Crippen molar-refractivity contribution in [3.05, 3.63) is 58.9 Å². The summed E-state index contributed by atoms with van der Waals surface area (Å²) in [6, 6.07) is 10.7. The maximum Gasteiger partial charge on any atom is 0.0643 e. The van der Waals surface area contributed by atoms with E-state index in [9.17, 15) is 0 Å². The first-order chi connectivity index (χ1) is 10.2. The Kier molecular flexibility index (Phi) is 5.59. The summed E-state index contributed by atoms with van der Waals surface area (Å²) in [6.45, 7) is 6.00. The molecule has 1 unspecified atom stereocenters. The highest BCUT2D eigenvalue weighted by molar-refractivity contribution is 6.33. The molecule has 0 spiro atoms. The van der Waals surface area contributed by atoms with Crippen molar-refractivity contribution in [1.29, 1.82) is 0 Å². The van der Waals surface area contributed by atoms with Gasteiger partial charge in [0.2, 0.25) is 0 Å². The van der Waals surface area contributed by atoms with Gasteiger partial charge in [0.1, 0.15) is 0 Å². The molecule has 1 atom stereocenters. The van der Waals surface area contributed by atoms with E-state index in [4.69, 9.17) is 11.6 Å². The number of nitrogens with one attached hydrogen (secondary N) is 1. The molecule has 0 saturated carbocycles. The van der Waals surface area contributed by atoms with E-state index in [1.807, 2.05) is 37.6 Å². The Morgan fingerprint density at radius 1 is 1.24 bits per heavy atom. The Bertz CT molecular complexity index is 572. The average Bonchev–Trinajstić information content (AvgIpc) is 2.53. The van der Waals surface area contributed by atoms with E-state index >= 15 is 0 Å². The Morgan fingerprint density at radius 2 is 1.95 bits per heavy atom. The molecule has 1 heterocycles. The van der Waals surface area contributed by atoms with Gasteiger partial charge in [-0.2, -0.15) is 0 Å². The number of hydrogen-bond donors (Lipinski definition) is 1. The molecule has 0 saturated heterocycles. The second-order valence-corrected chi connectivity index (χ2v) is 5.50. The zero-order chi connectivity index (χ0) is 15.2. The first-order valence-electron chi connectivity index (χ1n) is 7.26. The second kappa shape index (κ2) is 7.43. The van der Waals surface area contributed by atoms with E-state index in [-0.39, 0.29) is 0 Å². The fourth-order valence-corrected chi connectivity index (χ4v) is 2.60. The standard InChI is InChI=1S/C17H22ClN3/c1-4-21(12-14-7-9-20-10-8-14)17-6-5-15(11-16(17)18)13(2)19-3/h5-11,13,19H,4,12H2,1-3H3. The van der Waals surface area contributed by atoms with Crippen LogP contribution in [0.5, 0.6) is 0 Å². The summed E-state index contributed by atoms with van der Waals surface area (Å²) in [4.78, 5) is 6.33. The summed E-state index contributed by atoms with van der Waals surface area (Å²) >= 11 is 6.49. The SMILES string of the molecule is CCN(Cc1ccncc1)c1ccc(C(C)NC)cc1Cl. The highest BCUT2D eigenvalue weighted by Crippen LogP contribution is 2.29. The summed E-state index contributed by atoms with van der Waals surface area (Å²) < 4.78 is 0. The van der Waals surface area contributed by atoms with Crippen LogP contribution in [0.3, 0.4) is 0 Å². The summed E-state index contributed by atoms with van der Waals surface area (Å²) in [5.41, 5.74) is 3.50. The average molecular weight is 304 g/mol. The second-order valence-electron chi connectivity index (χ2n) is 5.09. The summed E-state index contributed by atoms with van der Waals surface area (Å²) in [5, 5.41) is 4.03. The monoisotopic (exact) mass is 303 g/mol. The number of aromatic nitrogens is 1. The lowest BCUT2D eigenvalue weighted by Gasteiger charge is -2.25. The number of nitrogens with zero attached hydrogens (tertiary/aromatic N) is 2. The minimum absolute atomic E-state index is 0.298. The van der Waals surface area contributed by atoms with E-state index < -0.39 is 0 Å². The van der Waals surface area contributed by atoms with Gasteiger partial charge in [0, 0.05) is 31.5 Å². The minimum Gasteiger partial charge on any atom is -0.366 e. The highest BCUT2D eigenvalue weighted by Gasteiger charge is 2.12. The zero-order valence-corrected chi connectivity index (χ0v) is 13.6. The topological polar surface area (TPSA) is 28.2 Å². The van der Waals surface area contributed by atoms with Crippen molar-refractivity contribution in [2.75, 3.05) is 18.5 Å². The van der Waals surface area contributed by atoms with E-state index in [1.165, 1.54) is 11.1 Å². The zero-order valence-electron chi connectivity index (χ0n) is 12.8. The van der Waals surface area contributed by atoms with E-state index in [1.54, 1.807) is 0 Å². The summed E-state index contributed by atoms with van der Waals surface area (Å²) in [7, 11) is 1.95. The van der Waals surface area contributed by atoms with Crippen LogP contribution in [0.15, 0.2) is 42.7 Å². The number of pyridine rings is 1. The van der Waals surface area contributed by atoms with Gasteiger partial charge in [-0.05, 0) is 56.3 Å². The van der Waals surface area contributed by atoms with Gasteiger partial charge in [-0.1, -0.05) is 17.7 Å². The summed E-state index contributed by atoms with van der Waals surface area (Å²) in [5.74, 6) is 0. The van der Waals surface area contributed by atoms with Gasteiger partial charge < -0.3 is 10.2 Å². The maximum absolute atomic E-state index is 6.49. The Hall–Kier alpha value is -1.58. The Balaban J connectivity index is 2.22. The molecule has 0 radical (unpaired) electrons. The molecule has 1 N–H and O–H groups in total. The van der Waals surface area contributed by atoms with Crippen molar-refractivity contribution in [3.8, 4) is 0 Å². The maximum atomic E-state index is 6.49. The predicted octanol–water partition coefficient (Wildman–Crippen LogP) is 4.04. The molecule has 0 bridgehead atoms. The van der Waals surface area contributed by atoms with Crippen LogP contribution < -0.4 is 10.2 Å². The van der Waals surface area contributed by atoms with Crippen LogP contribution in [0.1, 0.15) is 31.0 Å². The van der Waals surface area contributed by atoms with Gasteiger partial charge in [-0.3, -0.25) is 4.98 Å². The van der Waals surface area contributed by atoms with Crippen LogP contribution in [0.2, 0.25) is 5.02 Å². The van der Waals surface area contributed by atoms with Crippen molar-refractivity contribution in [2.45, 2.75) is 26.4 Å². The molecule has 0 amide bonds. The smallest absolute Gasteiger partial charge is 0.0643 e. The molecule has 0 aliphatic carbocycles. The largest absolute Gasteiger partial charge is 0.366 e. The lowest BCUT2D eigenvalue weighted by molar-refractivity contribution is 0.652. The summed E-state index contributed by atoms with van der Waals surface area (Å²) in [6.07, 6.45) is 3.64. The third-order valence-corrected chi connectivity index (χ3v) is 4.05. The first-order valence-corrected chi connectivity index (χ1v) is 7.64. The van der Waals surface area contributed by atoms with Crippen LogP contribution in [0.25, 0.3) is 0 Å². The third kappa shape index (κ3) is 3.96. The molecule has 4 heteroatoms. The van der Waals surface area contributed by atoms with Crippen LogP contribution >= 0.6 is 11.6 Å². The predicted molar refractivity (Wildman–Crippen MR) is 89.9 cm³/mol.